The first-order valence-corrected chi connectivity index (χ1v) is 8.74. The summed E-state index contributed by atoms with van der Waals surface area (Å²) < 4.78 is 11.0. The molecule has 4 heteroatoms. The zero-order valence-corrected chi connectivity index (χ0v) is 14.9. The van der Waals surface area contributed by atoms with Gasteiger partial charge in [-0.25, -0.2) is 0 Å². The van der Waals surface area contributed by atoms with Gasteiger partial charge in [-0.3, -0.25) is 4.79 Å². The van der Waals surface area contributed by atoms with Gasteiger partial charge in [0, 0.05) is 25.8 Å². The van der Waals surface area contributed by atoms with E-state index in [2.05, 4.69) is 12.1 Å². The molecular weight excluding hydrogens is 314 g/mol. The van der Waals surface area contributed by atoms with Crippen molar-refractivity contribution in [3.63, 3.8) is 0 Å². The predicted molar refractivity (Wildman–Crippen MR) is 97.8 cm³/mol. The Balaban J connectivity index is 1.64. The number of carbonyl (C=O) groups is 1. The van der Waals surface area contributed by atoms with E-state index in [0.29, 0.717) is 17.2 Å². The lowest BCUT2D eigenvalue weighted by atomic mass is 9.87. The van der Waals surface area contributed by atoms with Gasteiger partial charge in [-0.2, -0.15) is 0 Å². The maximum absolute atomic E-state index is 12.7. The quantitative estimate of drug-likeness (QED) is 0.828. The van der Waals surface area contributed by atoms with E-state index in [4.69, 9.17) is 9.47 Å². The van der Waals surface area contributed by atoms with Gasteiger partial charge in [0.05, 0.1) is 13.2 Å². The number of ether oxygens (including phenoxy) is 2. The van der Waals surface area contributed by atoms with Crippen LogP contribution in [0.3, 0.4) is 0 Å². The molecule has 25 heavy (non-hydrogen) atoms. The molecule has 0 spiro atoms. The first-order chi connectivity index (χ1) is 12.2. The van der Waals surface area contributed by atoms with Crippen molar-refractivity contribution in [2.24, 2.45) is 5.92 Å². The summed E-state index contributed by atoms with van der Waals surface area (Å²) in [6.45, 7) is 1.51. The first kappa shape index (κ1) is 17.5. The molecule has 1 heterocycles. The molecule has 0 bridgehead atoms. The number of nitrogens with zero attached hydrogens (tertiary/aromatic N) is 1. The smallest absolute Gasteiger partial charge is 0.253 e. The number of piperidine rings is 1. The minimum absolute atomic E-state index is 0.0750. The van der Waals surface area contributed by atoms with E-state index in [9.17, 15) is 4.79 Å². The van der Waals surface area contributed by atoms with Gasteiger partial charge in [0.15, 0.2) is 0 Å². The summed E-state index contributed by atoms with van der Waals surface area (Å²) in [4.78, 5) is 14.7. The first-order valence-electron chi connectivity index (χ1n) is 8.74. The average Bonchev–Trinajstić information content (AvgIpc) is 2.69. The number of amides is 1. The highest BCUT2D eigenvalue weighted by Crippen LogP contribution is 2.33. The molecule has 0 aromatic heterocycles. The van der Waals surface area contributed by atoms with Crippen molar-refractivity contribution in [2.45, 2.75) is 18.9 Å². The lowest BCUT2D eigenvalue weighted by molar-refractivity contribution is 0.0195. The Morgan fingerprint density at radius 2 is 1.76 bits per heavy atom. The Hall–Kier alpha value is -2.33. The fraction of sp³-hybridized carbons (Fsp3) is 0.381. The maximum Gasteiger partial charge on any atom is 0.253 e. The fourth-order valence-electron chi connectivity index (χ4n) is 3.59. The summed E-state index contributed by atoms with van der Waals surface area (Å²) in [5, 5.41) is 0. The molecule has 132 valence electrons. The molecule has 3 rings (SSSR count). The fourth-order valence-corrected chi connectivity index (χ4v) is 3.59. The zero-order chi connectivity index (χ0) is 17.6. The van der Waals surface area contributed by atoms with Gasteiger partial charge in [0.25, 0.3) is 5.91 Å². The van der Waals surface area contributed by atoms with Crippen LogP contribution in [-0.4, -0.2) is 38.1 Å². The molecule has 0 radical (unpaired) electrons. The van der Waals surface area contributed by atoms with E-state index in [1.165, 1.54) is 5.56 Å². The predicted octanol–water partition coefficient (Wildman–Crippen LogP) is 3.94. The molecule has 1 fully saturated rings. The van der Waals surface area contributed by atoms with E-state index in [0.717, 1.165) is 25.9 Å². The van der Waals surface area contributed by atoms with Crippen LogP contribution >= 0.6 is 0 Å². The van der Waals surface area contributed by atoms with Crippen molar-refractivity contribution in [3.05, 3.63) is 65.7 Å². The van der Waals surface area contributed by atoms with Crippen LogP contribution < -0.4 is 4.74 Å². The molecule has 0 saturated carbocycles. The van der Waals surface area contributed by atoms with Crippen LogP contribution in [0.2, 0.25) is 0 Å². The lowest BCUT2D eigenvalue weighted by Gasteiger charge is -2.35. The van der Waals surface area contributed by atoms with Crippen molar-refractivity contribution < 1.29 is 14.3 Å². The van der Waals surface area contributed by atoms with Crippen molar-refractivity contribution >= 4 is 5.91 Å². The standard InChI is InChI=1S/C21H25NO3/c1-24-19-10-6-9-18(15-19)21(23)22-13-11-17(12-14-22)20(25-2)16-7-4-3-5-8-16/h3-10,15,17,20H,11-14H2,1-2H3. The van der Waals surface area contributed by atoms with E-state index < -0.39 is 0 Å². The van der Waals surface area contributed by atoms with Crippen molar-refractivity contribution in [3.8, 4) is 5.75 Å². The number of carbonyl (C=O) groups excluding carboxylic acids is 1. The molecule has 4 nitrogen and oxygen atoms in total. The van der Waals surface area contributed by atoms with E-state index in [1.807, 2.05) is 41.3 Å². The summed E-state index contributed by atoms with van der Waals surface area (Å²) in [7, 11) is 3.38. The molecule has 1 amide bonds. The highest BCUT2D eigenvalue weighted by molar-refractivity contribution is 5.94. The Labute approximate surface area is 149 Å². The molecule has 2 aromatic carbocycles. The normalized spacial score (nSPS) is 16.5. The van der Waals surface area contributed by atoms with Gasteiger partial charge in [-0.15, -0.1) is 0 Å². The number of methoxy groups -OCH3 is 2. The van der Waals surface area contributed by atoms with Crippen molar-refractivity contribution in [2.75, 3.05) is 27.3 Å². The number of likely N-dealkylation sites (tertiary alicyclic amines) is 1. The van der Waals surface area contributed by atoms with Crippen LogP contribution in [0.5, 0.6) is 5.75 Å². The van der Waals surface area contributed by atoms with Crippen LogP contribution in [-0.2, 0) is 4.74 Å². The second-order valence-electron chi connectivity index (χ2n) is 6.43. The SMILES string of the molecule is COc1cccc(C(=O)N2CCC(C(OC)c3ccccc3)CC2)c1. The van der Waals surface area contributed by atoms with E-state index >= 15 is 0 Å². The molecular formula is C21H25NO3. The monoisotopic (exact) mass is 339 g/mol. The molecule has 1 atom stereocenters. The van der Waals surface area contributed by atoms with E-state index in [-0.39, 0.29) is 12.0 Å². The molecule has 1 aliphatic heterocycles. The van der Waals surface area contributed by atoms with Crippen molar-refractivity contribution in [1.29, 1.82) is 0 Å². The molecule has 1 aliphatic rings. The Morgan fingerprint density at radius 1 is 1.04 bits per heavy atom. The largest absolute Gasteiger partial charge is 0.497 e. The average molecular weight is 339 g/mol. The summed E-state index contributed by atoms with van der Waals surface area (Å²) >= 11 is 0. The van der Waals surface area contributed by atoms with Crippen LogP contribution in [0.15, 0.2) is 54.6 Å². The number of hydrogen-bond donors (Lipinski definition) is 0. The topological polar surface area (TPSA) is 38.8 Å². The Morgan fingerprint density at radius 3 is 2.40 bits per heavy atom. The summed E-state index contributed by atoms with van der Waals surface area (Å²) in [5.41, 5.74) is 1.90. The minimum Gasteiger partial charge on any atom is -0.497 e. The van der Waals surface area contributed by atoms with Gasteiger partial charge in [0.1, 0.15) is 5.75 Å². The Bertz CT molecular complexity index is 693. The highest BCUT2D eigenvalue weighted by atomic mass is 16.5. The molecule has 1 unspecified atom stereocenters. The molecule has 0 N–H and O–H groups in total. The van der Waals surface area contributed by atoms with Crippen LogP contribution in [0, 0.1) is 5.92 Å². The maximum atomic E-state index is 12.7. The zero-order valence-electron chi connectivity index (χ0n) is 14.9. The summed E-state index contributed by atoms with van der Waals surface area (Å²) in [5.74, 6) is 1.22. The third kappa shape index (κ3) is 4.02. The lowest BCUT2D eigenvalue weighted by Crippen LogP contribution is -2.40. The highest BCUT2D eigenvalue weighted by Gasteiger charge is 2.29. The molecule has 2 aromatic rings. The van der Waals surface area contributed by atoms with Gasteiger partial charge in [0.2, 0.25) is 0 Å². The molecule has 0 aliphatic carbocycles. The van der Waals surface area contributed by atoms with Gasteiger partial charge < -0.3 is 14.4 Å². The summed E-state index contributed by atoms with van der Waals surface area (Å²) in [6.07, 6.45) is 1.99. The second-order valence-corrected chi connectivity index (χ2v) is 6.43. The number of hydrogen-bond acceptors (Lipinski definition) is 3. The van der Waals surface area contributed by atoms with E-state index in [1.54, 1.807) is 20.3 Å². The minimum atomic E-state index is 0.0750. The second kappa shape index (κ2) is 8.17. The van der Waals surface area contributed by atoms with Crippen molar-refractivity contribution in [1.82, 2.24) is 4.90 Å². The number of benzene rings is 2. The van der Waals surface area contributed by atoms with Crippen LogP contribution in [0.25, 0.3) is 0 Å². The third-order valence-electron chi connectivity index (χ3n) is 4.95. The Kier molecular flexibility index (Phi) is 5.71. The van der Waals surface area contributed by atoms with Gasteiger partial charge in [-0.1, -0.05) is 36.4 Å². The van der Waals surface area contributed by atoms with Crippen LogP contribution in [0.1, 0.15) is 34.9 Å². The molecule has 1 saturated heterocycles. The van der Waals surface area contributed by atoms with Gasteiger partial charge in [-0.05, 0) is 42.5 Å². The van der Waals surface area contributed by atoms with Gasteiger partial charge >= 0.3 is 0 Å². The number of rotatable bonds is 5. The third-order valence-corrected chi connectivity index (χ3v) is 4.95. The summed E-state index contributed by atoms with van der Waals surface area (Å²) in [6, 6.07) is 17.7. The van der Waals surface area contributed by atoms with Crippen LogP contribution in [0.4, 0.5) is 0 Å².